The van der Waals surface area contributed by atoms with Crippen LogP contribution < -0.4 is 0 Å². The van der Waals surface area contributed by atoms with Crippen LogP contribution in [0.5, 0.6) is 0 Å². The molecule has 2 rings (SSSR count). The van der Waals surface area contributed by atoms with Crippen molar-refractivity contribution in [3.05, 3.63) is 38.9 Å². The van der Waals surface area contributed by atoms with E-state index in [9.17, 15) is 19.7 Å². The molecule has 94 valence electrons. The van der Waals surface area contributed by atoms with Gasteiger partial charge in [0, 0.05) is 25.1 Å². The molecule has 1 aromatic rings. The molecule has 1 aliphatic heterocycles. The Bertz CT molecular complexity index is 544. The molecule has 0 saturated carbocycles. The maximum atomic E-state index is 12.0. The maximum Gasteiger partial charge on any atom is 0.270 e. The lowest BCUT2D eigenvalue weighted by Gasteiger charge is -2.14. The van der Waals surface area contributed by atoms with E-state index in [0.717, 1.165) is 11.0 Å². The molecule has 0 atom stereocenters. The molecular weight excluding hydrogens is 260 g/mol. The van der Waals surface area contributed by atoms with Gasteiger partial charge in [0.2, 0.25) is 5.91 Å². The molecule has 0 bridgehead atoms. The smallest absolute Gasteiger partial charge is 0.270 e. The van der Waals surface area contributed by atoms with Crippen molar-refractivity contribution in [2.75, 3.05) is 6.54 Å². The fourth-order valence-corrected chi connectivity index (χ4v) is 2.05. The minimum absolute atomic E-state index is 0.0195. The van der Waals surface area contributed by atoms with Gasteiger partial charge >= 0.3 is 0 Å². The fraction of sp³-hybridized carbons (Fsp3) is 0.273. The predicted octanol–water partition coefficient (Wildman–Crippen LogP) is 2.01. The number of likely N-dealkylation sites (tertiary alicyclic amines) is 1. The highest BCUT2D eigenvalue weighted by molar-refractivity contribution is 6.34. The van der Waals surface area contributed by atoms with Gasteiger partial charge in [-0.3, -0.25) is 24.6 Å². The third-order valence-corrected chi connectivity index (χ3v) is 3.03. The Balaban J connectivity index is 2.31. The van der Waals surface area contributed by atoms with Crippen LogP contribution in [0.4, 0.5) is 5.69 Å². The summed E-state index contributed by atoms with van der Waals surface area (Å²) >= 11 is 5.83. The van der Waals surface area contributed by atoms with Gasteiger partial charge in [-0.2, -0.15) is 0 Å². The van der Waals surface area contributed by atoms with Crippen molar-refractivity contribution < 1.29 is 14.5 Å². The number of hydrogen-bond donors (Lipinski definition) is 0. The fourth-order valence-electron chi connectivity index (χ4n) is 1.80. The van der Waals surface area contributed by atoms with Crippen molar-refractivity contribution in [2.45, 2.75) is 12.8 Å². The number of amides is 2. The van der Waals surface area contributed by atoms with Crippen molar-refractivity contribution in [1.82, 2.24) is 4.90 Å². The van der Waals surface area contributed by atoms with Crippen LogP contribution >= 0.6 is 11.6 Å². The Labute approximate surface area is 107 Å². The molecule has 1 fully saturated rings. The van der Waals surface area contributed by atoms with Gasteiger partial charge in [0.15, 0.2) is 0 Å². The lowest BCUT2D eigenvalue weighted by molar-refractivity contribution is -0.384. The van der Waals surface area contributed by atoms with Crippen LogP contribution in [0, 0.1) is 10.1 Å². The van der Waals surface area contributed by atoms with Crippen molar-refractivity contribution in [1.29, 1.82) is 0 Å². The topological polar surface area (TPSA) is 80.5 Å². The zero-order valence-electron chi connectivity index (χ0n) is 9.26. The summed E-state index contributed by atoms with van der Waals surface area (Å²) in [5.74, 6) is -0.744. The van der Waals surface area contributed by atoms with E-state index in [0.29, 0.717) is 19.4 Å². The highest BCUT2D eigenvalue weighted by Gasteiger charge is 2.28. The molecule has 0 aromatic heterocycles. The first-order chi connectivity index (χ1) is 8.50. The number of carbonyl (C=O) groups excluding carboxylic acids is 2. The molecule has 0 N–H and O–H groups in total. The summed E-state index contributed by atoms with van der Waals surface area (Å²) < 4.78 is 0. The molecule has 7 heteroatoms. The van der Waals surface area contributed by atoms with Crippen LogP contribution in [0.2, 0.25) is 5.02 Å². The summed E-state index contributed by atoms with van der Waals surface area (Å²) in [6.45, 7) is 0.366. The van der Waals surface area contributed by atoms with Crippen LogP contribution in [-0.2, 0) is 4.79 Å². The Kier molecular flexibility index (Phi) is 3.29. The van der Waals surface area contributed by atoms with Crippen LogP contribution in [0.1, 0.15) is 23.2 Å². The van der Waals surface area contributed by atoms with Crippen molar-refractivity contribution in [2.24, 2.45) is 0 Å². The first-order valence-corrected chi connectivity index (χ1v) is 5.67. The summed E-state index contributed by atoms with van der Waals surface area (Å²) in [7, 11) is 0. The van der Waals surface area contributed by atoms with E-state index in [1.807, 2.05) is 0 Å². The third-order valence-electron chi connectivity index (χ3n) is 2.71. The summed E-state index contributed by atoms with van der Waals surface area (Å²) in [5.41, 5.74) is -0.0817. The second-order valence-electron chi connectivity index (χ2n) is 3.88. The second kappa shape index (κ2) is 4.73. The number of nitro groups is 1. The van der Waals surface area contributed by atoms with Gasteiger partial charge in [-0.05, 0) is 12.5 Å². The molecule has 0 spiro atoms. The van der Waals surface area contributed by atoms with Crippen LogP contribution in [0.3, 0.4) is 0 Å². The first-order valence-electron chi connectivity index (χ1n) is 5.29. The lowest BCUT2D eigenvalue weighted by atomic mass is 10.2. The third kappa shape index (κ3) is 2.19. The SMILES string of the molecule is O=C1CCCN1C(=O)c1ccc([N+](=O)[O-])cc1Cl. The number of imide groups is 1. The van der Waals surface area contributed by atoms with Gasteiger partial charge in [0.1, 0.15) is 0 Å². The number of benzene rings is 1. The molecule has 1 saturated heterocycles. The average molecular weight is 269 g/mol. The van der Waals surface area contributed by atoms with E-state index in [2.05, 4.69) is 0 Å². The molecule has 6 nitrogen and oxygen atoms in total. The van der Waals surface area contributed by atoms with E-state index >= 15 is 0 Å². The molecule has 2 amide bonds. The van der Waals surface area contributed by atoms with Gasteiger partial charge in [-0.25, -0.2) is 0 Å². The molecule has 0 aliphatic carbocycles. The van der Waals surface area contributed by atoms with E-state index < -0.39 is 10.8 Å². The van der Waals surface area contributed by atoms with Crippen molar-refractivity contribution in [3.63, 3.8) is 0 Å². The average Bonchev–Trinajstić information content (AvgIpc) is 2.74. The summed E-state index contributed by atoms with van der Waals surface area (Å²) in [6.07, 6.45) is 0.978. The van der Waals surface area contributed by atoms with E-state index in [4.69, 9.17) is 11.6 Å². The minimum atomic E-state index is -0.596. The summed E-state index contributed by atoms with van der Waals surface area (Å²) in [5, 5.41) is 10.5. The Morgan fingerprint density at radius 1 is 1.44 bits per heavy atom. The van der Waals surface area contributed by atoms with Gasteiger partial charge < -0.3 is 0 Å². The Hall–Kier alpha value is -1.95. The second-order valence-corrected chi connectivity index (χ2v) is 4.28. The van der Waals surface area contributed by atoms with Crippen LogP contribution in [-0.4, -0.2) is 28.2 Å². The van der Waals surface area contributed by atoms with Crippen molar-refractivity contribution in [3.8, 4) is 0 Å². The molecule has 1 aromatic carbocycles. The van der Waals surface area contributed by atoms with Crippen molar-refractivity contribution >= 4 is 29.1 Å². The van der Waals surface area contributed by atoms with Gasteiger partial charge in [0.25, 0.3) is 11.6 Å². The Morgan fingerprint density at radius 3 is 2.67 bits per heavy atom. The predicted molar refractivity (Wildman–Crippen MR) is 63.4 cm³/mol. The number of nitro benzene ring substituents is 1. The largest absolute Gasteiger partial charge is 0.278 e. The highest BCUT2D eigenvalue weighted by Crippen LogP contribution is 2.25. The summed E-state index contributed by atoms with van der Waals surface area (Å²) in [6, 6.07) is 3.57. The number of carbonyl (C=O) groups is 2. The molecule has 18 heavy (non-hydrogen) atoms. The molecule has 1 aliphatic rings. The van der Waals surface area contributed by atoms with E-state index in [1.54, 1.807) is 0 Å². The zero-order valence-corrected chi connectivity index (χ0v) is 10.0. The Morgan fingerprint density at radius 2 is 2.17 bits per heavy atom. The maximum absolute atomic E-state index is 12.0. The molecule has 0 radical (unpaired) electrons. The zero-order chi connectivity index (χ0) is 13.3. The normalized spacial score (nSPS) is 14.9. The number of hydrogen-bond acceptors (Lipinski definition) is 4. The van der Waals surface area contributed by atoms with Gasteiger partial charge in [-0.15, -0.1) is 0 Å². The number of non-ortho nitro benzene ring substituents is 1. The lowest BCUT2D eigenvalue weighted by Crippen LogP contribution is -2.32. The number of nitrogens with zero attached hydrogens (tertiary/aromatic N) is 2. The monoisotopic (exact) mass is 268 g/mol. The van der Waals surface area contributed by atoms with Gasteiger partial charge in [-0.1, -0.05) is 11.6 Å². The first kappa shape index (κ1) is 12.5. The number of halogens is 1. The van der Waals surface area contributed by atoms with E-state index in [-0.39, 0.29) is 22.2 Å². The summed E-state index contributed by atoms with van der Waals surface area (Å²) in [4.78, 5) is 34.5. The van der Waals surface area contributed by atoms with Crippen LogP contribution in [0.25, 0.3) is 0 Å². The highest BCUT2D eigenvalue weighted by atomic mass is 35.5. The standard InChI is InChI=1S/C11H9ClN2O4/c12-9-6-7(14(17)18)3-4-8(9)11(16)13-5-1-2-10(13)15/h3-4,6H,1-2,5H2. The number of rotatable bonds is 2. The van der Waals surface area contributed by atoms with E-state index in [1.165, 1.54) is 12.1 Å². The molecule has 0 unspecified atom stereocenters. The van der Waals surface area contributed by atoms with Crippen LogP contribution in [0.15, 0.2) is 18.2 Å². The molecular formula is C11H9ClN2O4. The van der Waals surface area contributed by atoms with Gasteiger partial charge in [0.05, 0.1) is 15.5 Å². The quantitative estimate of drug-likeness (QED) is 0.467. The minimum Gasteiger partial charge on any atom is -0.278 e. The molecule has 1 heterocycles.